The van der Waals surface area contributed by atoms with Gasteiger partial charge in [-0.1, -0.05) is 26.0 Å². The summed E-state index contributed by atoms with van der Waals surface area (Å²) in [6.45, 7) is 3.83. The third-order valence-electron chi connectivity index (χ3n) is 3.23. The van der Waals surface area contributed by atoms with Crippen LogP contribution in [0.25, 0.3) is 0 Å². The highest BCUT2D eigenvalue weighted by Crippen LogP contribution is 2.11. The van der Waals surface area contributed by atoms with E-state index >= 15 is 0 Å². The van der Waals surface area contributed by atoms with Crippen molar-refractivity contribution in [3.05, 3.63) is 29.8 Å². The number of rotatable bonds is 7. The number of anilines is 1. The van der Waals surface area contributed by atoms with E-state index in [9.17, 15) is 9.59 Å². The second-order valence-electron chi connectivity index (χ2n) is 5.24. The van der Waals surface area contributed by atoms with Gasteiger partial charge >= 0.3 is 5.97 Å². The summed E-state index contributed by atoms with van der Waals surface area (Å²) in [6.07, 6.45) is 0.921. The van der Waals surface area contributed by atoms with E-state index < -0.39 is 11.9 Å². The summed E-state index contributed by atoms with van der Waals surface area (Å²) in [5.74, 6) is -1.58. The zero-order valence-corrected chi connectivity index (χ0v) is 11.9. The van der Waals surface area contributed by atoms with Crippen LogP contribution in [0.4, 0.5) is 5.69 Å². The first-order valence-corrected chi connectivity index (χ1v) is 6.74. The molecule has 1 unspecified atom stereocenters. The monoisotopic (exact) mass is 278 g/mol. The van der Waals surface area contributed by atoms with Crippen molar-refractivity contribution in [2.75, 3.05) is 12.3 Å². The van der Waals surface area contributed by atoms with Gasteiger partial charge in [-0.25, -0.2) is 0 Å². The van der Waals surface area contributed by atoms with Gasteiger partial charge in [-0.2, -0.15) is 0 Å². The summed E-state index contributed by atoms with van der Waals surface area (Å²) in [4.78, 5) is 22.7. The highest BCUT2D eigenvalue weighted by Gasteiger charge is 2.21. The Balaban J connectivity index is 2.39. The van der Waals surface area contributed by atoms with Crippen LogP contribution in [0, 0.1) is 11.8 Å². The zero-order chi connectivity index (χ0) is 15.1. The van der Waals surface area contributed by atoms with Crippen LogP contribution >= 0.6 is 0 Å². The van der Waals surface area contributed by atoms with Crippen LogP contribution in [0.15, 0.2) is 24.3 Å². The van der Waals surface area contributed by atoms with Gasteiger partial charge in [0, 0.05) is 18.7 Å². The van der Waals surface area contributed by atoms with E-state index in [4.69, 9.17) is 10.8 Å². The number of aryl methyl sites for hydroxylation is 1. The molecule has 0 heterocycles. The third-order valence-corrected chi connectivity index (χ3v) is 3.23. The Morgan fingerprint density at radius 2 is 2.05 bits per heavy atom. The minimum Gasteiger partial charge on any atom is -0.481 e. The fourth-order valence-corrected chi connectivity index (χ4v) is 1.93. The van der Waals surface area contributed by atoms with Gasteiger partial charge in [0.1, 0.15) is 0 Å². The molecule has 0 bridgehead atoms. The van der Waals surface area contributed by atoms with Crippen LogP contribution < -0.4 is 11.1 Å². The van der Waals surface area contributed by atoms with E-state index in [0.717, 1.165) is 5.56 Å². The van der Waals surface area contributed by atoms with Crippen molar-refractivity contribution in [2.24, 2.45) is 11.8 Å². The number of nitrogens with two attached hydrogens (primary N) is 1. The second-order valence-corrected chi connectivity index (χ2v) is 5.24. The number of aliphatic carboxylic acids is 1. The molecule has 0 fully saturated rings. The summed E-state index contributed by atoms with van der Waals surface area (Å²) in [5, 5.41) is 11.7. The Morgan fingerprint density at radius 1 is 1.35 bits per heavy atom. The molecule has 0 aliphatic heterocycles. The molecule has 0 aromatic heterocycles. The van der Waals surface area contributed by atoms with Gasteiger partial charge in [0.05, 0.1) is 5.92 Å². The number of nitrogens with one attached hydrogen (secondary N) is 1. The predicted molar refractivity (Wildman–Crippen MR) is 78.1 cm³/mol. The Hall–Kier alpha value is -2.04. The first kappa shape index (κ1) is 16.0. The molecule has 110 valence electrons. The van der Waals surface area contributed by atoms with Gasteiger partial charge in [0.25, 0.3) is 0 Å². The summed E-state index contributed by atoms with van der Waals surface area (Å²) >= 11 is 0. The lowest BCUT2D eigenvalue weighted by atomic mass is 9.96. The van der Waals surface area contributed by atoms with Crippen molar-refractivity contribution in [3.8, 4) is 0 Å². The second kappa shape index (κ2) is 7.53. The SMILES string of the molecule is CC(C)C(CNC(=O)CCc1cccc(N)c1)C(=O)O. The average Bonchev–Trinajstić information content (AvgIpc) is 2.35. The van der Waals surface area contributed by atoms with E-state index in [1.807, 2.05) is 32.0 Å². The molecule has 20 heavy (non-hydrogen) atoms. The Bertz CT molecular complexity index is 472. The summed E-state index contributed by atoms with van der Waals surface area (Å²) in [5.41, 5.74) is 7.34. The molecular weight excluding hydrogens is 256 g/mol. The maximum atomic E-state index is 11.7. The topological polar surface area (TPSA) is 92.4 Å². The van der Waals surface area contributed by atoms with Crippen LogP contribution in [0.1, 0.15) is 25.8 Å². The minimum atomic E-state index is -0.879. The number of nitrogen functional groups attached to an aromatic ring is 1. The van der Waals surface area contributed by atoms with Crippen molar-refractivity contribution >= 4 is 17.6 Å². The highest BCUT2D eigenvalue weighted by atomic mass is 16.4. The molecule has 0 radical (unpaired) electrons. The Labute approximate surface area is 119 Å². The third kappa shape index (κ3) is 5.30. The molecule has 0 saturated carbocycles. The van der Waals surface area contributed by atoms with Crippen LogP contribution in [0.5, 0.6) is 0 Å². The Kier molecular flexibility index (Phi) is 6.03. The molecular formula is C15H22N2O3. The lowest BCUT2D eigenvalue weighted by molar-refractivity contribution is -0.143. The normalized spacial score (nSPS) is 12.2. The standard InChI is InChI=1S/C15H22N2O3/c1-10(2)13(15(19)20)9-17-14(18)7-6-11-4-3-5-12(16)8-11/h3-5,8,10,13H,6-7,9,16H2,1-2H3,(H,17,18)(H,19,20). The molecule has 4 N–H and O–H groups in total. The molecule has 1 rings (SSSR count). The van der Waals surface area contributed by atoms with Gasteiger partial charge in [-0.15, -0.1) is 0 Å². The van der Waals surface area contributed by atoms with Gasteiger partial charge in [-0.3, -0.25) is 9.59 Å². The maximum Gasteiger partial charge on any atom is 0.308 e. The van der Waals surface area contributed by atoms with Crippen LogP contribution in [-0.2, 0) is 16.0 Å². The van der Waals surface area contributed by atoms with Crippen molar-refractivity contribution < 1.29 is 14.7 Å². The van der Waals surface area contributed by atoms with Crippen molar-refractivity contribution in [2.45, 2.75) is 26.7 Å². The van der Waals surface area contributed by atoms with Gasteiger partial charge in [-0.05, 0) is 30.0 Å². The van der Waals surface area contributed by atoms with E-state index in [0.29, 0.717) is 18.5 Å². The fraction of sp³-hybridized carbons (Fsp3) is 0.467. The number of benzene rings is 1. The average molecular weight is 278 g/mol. The smallest absolute Gasteiger partial charge is 0.308 e. The zero-order valence-electron chi connectivity index (χ0n) is 11.9. The largest absolute Gasteiger partial charge is 0.481 e. The summed E-state index contributed by atoms with van der Waals surface area (Å²) in [7, 11) is 0. The lowest BCUT2D eigenvalue weighted by Crippen LogP contribution is -2.35. The van der Waals surface area contributed by atoms with Gasteiger partial charge < -0.3 is 16.2 Å². The quantitative estimate of drug-likeness (QED) is 0.661. The van der Waals surface area contributed by atoms with E-state index in [-0.39, 0.29) is 18.4 Å². The van der Waals surface area contributed by atoms with Crippen molar-refractivity contribution in [3.63, 3.8) is 0 Å². The molecule has 1 amide bonds. The number of carbonyl (C=O) groups is 2. The summed E-state index contributed by atoms with van der Waals surface area (Å²) in [6, 6.07) is 7.39. The lowest BCUT2D eigenvalue weighted by Gasteiger charge is -2.16. The molecule has 0 aliphatic rings. The molecule has 5 nitrogen and oxygen atoms in total. The first-order chi connectivity index (χ1) is 9.40. The molecule has 1 aromatic rings. The summed E-state index contributed by atoms with van der Waals surface area (Å²) < 4.78 is 0. The molecule has 0 spiro atoms. The van der Waals surface area contributed by atoms with Crippen LogP contribution in [-0.4, -0.2) is 23.5 Å². The van der Waals surface area contributed by atoms with E-state index in [2.05, 4.69) is 5.32 Å². The molecule has 1 aromatic carbocycles. The van der Waals surface area contributed by atoms with E-state index in [1.54, 1.807) is 6.07 Å². The predicted octanol–water partition coefficient (Wildman–Crippen LogP) is 1.67. The van der Waals surface area contributed by atoms with Gasteiger partial charge in [0.2, 0.25) is 5.91 Å². The first-order valence-electron chi connectivity index (χ1n) is 6.74. The maximum absolute atomic E-state index is 11.7. The molecule has 1 atom stereocenters. The molecule has 5 heteroatoms. The number of hydrogen-bond acceptors (Lipinski definition) is 3. The number of hydrogen-bond donors (Lipinski definition) is 3. The van der Waals surface area contributed by atoms with Crippen LogP contribution in [0.2, 0.25) is 0 Å². The number of amides is 1. The molecule has 0 saturated heterocycles. The number of carbonyl (C=O) groups excluding carboxylic acids is 1. The number of carboxylic acid groups (broad SMARTS) is 1. The number of carboxylic acids is 1. The highest BCUT2D eigenvalue weighted by molar-refractivity contribution is 5.77. The van der Waals surface area contributed by atoms with Crippen LogP contribution in [0.3, 0.4) is 0 Å². The van der Waals surface area contributed by atoms with Crippen molar-refractivity contribution in [1.29, 1.82) is 0 Å². The Morgan fingerprint density at radius 3 is 2.60 bits per heavy atom. The molecule has 0 aliphatic carbocycles. The van der Waals surface area contributed by atoms with Crippen molar-refractivity contribution in [1.82, 2.24) is 5.32 Å². The van der Waals surface area contributed by atoms with E-state index in [1.165, 1.54) is 0 Å². The van der Waals surface area contributed by atoms with Gasteiger partial charge in [0.15, 0.2) is 0 Å². The minimum absolute atomic E-state index is 0.0123. The fourth-order valence-electron chi connectivity index (χ4n) is 1.93.